The first-order valence-corrected chi connectivity index (χ1v) is 11.0. The van der Waals surface area contributed by atoms with Gasteiger partial charge in [0.25, 0.3) is 0 Å². The van der Waals surface area contributed by atoms with Crippen molar-refractivity contribution < 1.29 is 0 Å². The van der Waals surface area contributed by atoms with Gasteiger partial charge in [-0.3, -0.25) is 0 Å². The van der Waals surface area contributed by atoms with Gasteiger partial charge in [0, 0.05) is 37.9 Å². The summed E-state index contributed by atoms with van der Waals surface area (Å²) in [6.45, 7) is 15.0. The van der Waals surface area contributed by atoms with Crippen molar-refractivity contribution in [3.8, 4) is 0 Å². The average Bonchev–Trinajstić information content (AvgIpc) is 2.81. The third-order valence-electron chi connectivity index (χ3n) is 6.29. The van der Waals surface area contributed by atoms with Crippen LogP contribution in [-0.4, -0.2) is 45.9 Å². The summed E-state index contributed by atoms with van der Waals surface area (Å²) in [5.41, 5.74) is 7.77. The number of benzene rings is 1. The molecular weight excluding hydrogens is 382 g/mol. The lowest BCUT2D eigenvalue weighted by Crippen LogP contribution is -2.47. The van der Waals surface area contributed by atoms with Gasteiger partial charge in [0.15, 0.2) is 0 Å². The number of likely N-dealkylation sites (N-methyl/N-ethyl adjacent to an activating group) is 1. The highest BCUT2D eigenvalue weighted by atomic mass is 15.4. The Labute approximate surface area is 185 Å². The Morgan fingerprint density at radius 3 is 2.84 bits per heavy atom. The molecule has 2 aliphatic heterocycles. The molecule has 1 aromatic heterocycles. The lowest BCUT2D eigenvalue weighted by molar-refractivity contribution is 0.275. The molecule has 2 aromatic rings. The molecule has 1 fully saturated rings. The molecule has 0 amide bonds. The van der Waals surface area contributed by atoms with E-state index in [9.17, 15) is 0 Å². The lowest BCUT2D eigenvalue weighted by Gasteiger charge is -2.40. The number of hydrogen-bond donors (Lipinski definition) is 0. The van der Waals surface area contributed by atoms with E-state index in [2.05, 4.69) is 65.0 Å². The van der Waals surface area contributed by atoms with Crippen molar-refractivity contribution in [1.29, 1.82) is 0 Å². The zero-order valence-corrected chi connectivity index (χ0v) is 18.8. The van der Waals surface area contributed by atoms with E-state index in [1.165, 1.54) is 22.3 Å². The standard InChI is InChI=1S/C26H31N5/c1-6-21-10-9-18(2)14-23(21)20(4)22-8-7-13-31(16-22)26-29-25(15-19(3)30(26)5)24-11-12-27-17-28-24/h9-12,14-15,17,22H,3-4,6-8,13,16H2,1-2,5H3. The summed E-state index contributed by atoms with van der Waals surface area (Å²) in [4.78, 5) is 17.8. The van der Waals surface area contributed by atoms with Gasteiger partial charge in [-0.25, -0.2) is 15.0 Å². The van der Waals surface area contributed by atoms with E-state index in [1.807, 2.05) is 19.2 Å². The normalized spacial score (nSPS) is 19.2. The number of rotatable bonds is 4. The summed E-state index contributed by atoms with van der Waals surface area (Å²) >= 11 is 0. The van der Waals surface area contributed by atoms with Crippen molar-refractivity contribution >= 4 is 17.2 Å². The van der Waals surface area contributed by atoms with Crippen LogP contribution in [0.5, 0.6) is 0 Å². The average molecular weight is 414 g/mol. The van der Waals surface area contributed by atoms with Crippen LogP contribution in [0.2, 0.25) is 0 Å². The maximum atomic E-state index is 4.97. The lowest BCUT2D eigenvalue weighted by atomic mass is 9.84. The number of aliphatic imine (C=N–C) groups is 1. The number of guanidine groups is 1. The fourth-order valence-corrected chi connectivity index (χ4v) is 4.42. The summed E-state index contributed by atoms with van der Waals surface area (Å²) in [6.07, 6.45) is 8.57. The Morgan fingerprint density at radius 2 is 2.10 bits per heavy atom. The number of aromatic nitrogens is 2. The maximum absolute atomic E-state index is 4.97. The zero-order valence-electron chi connectivity index (χ0n) is 18.8. The Bertz CT molecular complexity index is 1050. The van der Waals surface area contributed by atoms with Crippen LogP contribution in [0.3, 0.4) is 0 Å². The smallest absolute Gasteiger partial charge is 0.206 e. The Balaban J connectivity index is 1.60. The fourth-order valence-electron chi connectivity index (χ4n) is 4.42. The molecule has 0 saturated carbocycles. The van der Waals surface area contributed by atoms with Crippen molar-refractivity contribution in [2.75, 3.05) is 20.1 Å². The van der Waals surface area contributed by atoms with Gasteiger partial charge in [-0.2, -0.15) is 0 Å². The quantitative estimate of drug-likeness (QED) is 0.713. The molecule has 160 valence electrons. The molecule has 1 atom stereocenters. The SMILES string of the molecule is C=C(c1cc(C)ccc1CC)C1CCCN(C2=NC(c3ccncn3)=CC(=C)N2C)C1. The van der Waals surface area contributed by atoms with Crippen LogP contribution in [0.4, 0.5) is 0 Å². The van der Waals surface area contributed by atoms with E-state index in [0.29, 0.717) is 5.92 Å². The van der Waals surface area contributed by atoms with Crippen LogP contribution in [0.15, 0.2) is 66.7 Å². The minimum absolute atomic E-state index is 0.402. The molecule has 4 rings (SSSR count). The maximum Gasteiger partial charge on any atom is 0.206 e. The van der Waals surface area contributed by atoms with Crippen LogP contribution < -0.4 is 0 Å². The van der Waals surface area contributed by atoms with Crippen molar-refractivity contribution in [3.05, 3.63) is 84.1 Å². The topological polar surface area (TPSA) is 44.6 Å². The van der Waals surface area contributed by atoms with E-state index in [4.69, 9.17) is 4.99 Å². The molecular formula is C26H31N5. The number of allylic oxidation sites excluding steroid dienone is 1. The first-order chi connectivity index (χ1) is 15.0. The Kier molecular flexibility index (Phi) is 6.03. The molecule has 5 heteroatoms. The molecule has 0 N–H and O–H groups in total. The van der Waals surface area contributed by atoms with E-state index in [1.54, 1.807) is 12.5 Å². The van der Waals surface area contributed by atoms with Crippen LogP contribution >= 0.6 is 0 Å². The number of aryl methyl sites for hydroxylation is 2. The van der Waals surface area contributed by atoms with Crippen molar-refractivity contribution in [2.45, 2.75) is 33.1 Å². The van der Waals surface area contributed by atoms with Crippen molar-refractivity contribution in [3.63, 3.8) is 0 Å². The van der Waals surface area contributed by atoms with Crippen molar-refractivity contribution in [1.82, 2.24) is 19.8 Å². The molecule has 1 unspecified atom stereocenters. The van der Waals surface area contributed by atoms with Crippen LogP contribution in [-0.2, 0) is 6.42 Å². The molecule has 1 aromatic carbocycles. The van der Waals surface area contributed by atoms with Gasteiger partial charge in [0.2, 0.25) is 5.96 Å². The Morgan fingerprint density at radius 1 is 1.26 bits per heavy atom. The first kappa shape index (κ1) is 21.0. The molecule has 1 saturated heterocycles. The molecule has 2 aliphatic rings. The van der Waals surface area contributed by atoms with Gasteiger partial charge in [0.05, 0.1) is 11.4 Å². The van der Waals surface area contributed by atoms with Gasteiger partial charge in [-0.15, -0.1) is 0 Å². The molecule has 3 heterocycles. The predicted octanol–water partition coefficient (Wildman–Crippen LogP) is 4.93. The third-order valence-corrected chi connectivity index (χ3v) is 6.29. The van der Waals surface area contributed by atoms with Gasteiger partial charge in [-0.1, -0.05) is 43.8 Å². The highest BCUT2D eigenvalue weighted by molar-refractivity contribution is 5.91. The molecule has 31 heavy (non-hydrogen) atoms. The van der Waals surface area contributed by atoms with E-state index in [-0.39, 0.29) is 0 Å². The highest BCUT2D eigenvalue weighted by Crippen LogP contribution is 2.33. The number of likely N-dealkylation sites (tertiary alicyclic amines) is 1. The summed E-state index contributed by atoms with van der Waals surface area (Å²) in [6, 6.07) is 8.62. The second-order valence-electron chi connectivity index (χ2n) is 8.41. The van der Waals surface area contributed by atoms with E-state index >= 15 is 0 Å². The summed E-state index contributed by atoms with van der Waals surface area (Å²) < 4.78 is 0. The molecule has 0 aliphatic carbocycles. The van der Waals surface area contributed by atoms with Crippen LogP contribution in [0.25, 0.3) is 11.3 Å². The number of nitrogens with zero attached hydrogens (tertiary/aromatic N) is 5. The van der Waals surface area contributed by atoms with Crippen LogP contribution in [0.1, 0.15) is 42.1 Å². The second kappa shape index (κ2) is 8.88. The molecule has 0 radical (unpaired) electrons. The minimum Gasteiger partial charge on any atom is -0.342 e. The molecule has 0 spiro atoms. The minimum atomic E-state index is 0.402. The fraction of sp³-hybridized carbons (Fsp3) is 0.346. The summed E-state index contributed by atoms with van der Waals surface area (Å²) in [5, 5.41) is 0. The summed E-state index contributed by atoms with van der Waals surface area (Å²) in [5.74, 6) is 1.33. The third kappa shape index (κ3) is 4.31. The molecule has 0 bridgehead atoms. The number of piperidine rings is 1. The monoisotopic (exact) mass is 413 g/mol. The Hall–Kier alpha value is -3.21. The van der Waals surface area contributed by atoms with Gasteiger partial charge in [-0.05, 0) is 55.0 Å². The second-order valence-corrected chi connectivity index (χ2v) is 8.41. The van der Waals surface area contributed by atoms with Gasteiger partial charge >= 0.3 is 0 Å². The van der Waals surface area contributed by atoms with Crippen molar-refractivity contribution in [2.24, 2.45) is 10.9 Å². The first-order valence-electron chi connectivity index (χ1n) is 11.0. The largest absolute Gasteiger partial charge is 0.342 e. The van der Waals surface area contributed by atoms with Gasteiger partial charge < -0.3 is 9.80 Å². The van der Waals surface area contributed by atoms with E-state index < -0.39 is 0 Å². The predicted molar refractivity (Wildman–Crippen MR) is 128 cm³/mol. The molecule has 5 nitrogen and oxygen atoms in total. The highest BCUT2D eigenvalue weighted by Gasteiger charge is 2.29. The number of hydrogen-bond acceptors (Lipinski definition) is 5. The zero-order chi connectivity index (χ0) is 22.0. The van der Waals surface area contributed by atoms with E-state index in [0.717, 1.165) is 55.4 Å². The van der Waals surface area contributed by atoms with Crippen LogP contribution in [0, 0.1) is 12.8 Å². The van der Waals surface area contributed by atoms with Gasteiger partial charge in [0.1, 0.15) is 6.33 Å². The summed E-state index contributed by atoms with van der Waals surface area (Å²) in [7, 11) is 2.03.